The Bertz CT molecular complexity index is 397. The molecule has 1 N–H and O–H groups in total. The first-order valence-electron chi connectivity index (χ1n) is 6.88. The van der Waals surface area contributed by atoms with Crippen LogP contribution in [0.2, 0.25) is 0 Å². The smallest absolute Gasteiger partial charge is 0.154 e. The van der Waals surface area contributed by atoms with E-state index in [4.69, 9.17) is 0 Å². The van der Waals surface area contributed by atoms with Gasteiger partial charge in [-0.15, -0.1) is 0 Å². The Balaban J connectivity index is 1.70. The molecule has 3 nitrogen and oxygen atoms in total. The van der Waals surface area contributed by atoms with E-state index in [1.807, 2.05) is 0 Å². The quantitative estimate of drug-likeness (QED) is 0.836. The molecule has 0 saturated heterocycles. The van der Waals surface area contributed by atoms with Crippen LogP contribution in [0.25, 0.3) is 0 Å². The molecule has 0 bridgehead atoms. The standard InChI is InChI=1S/C13H23NO2S/c1-17(15,16)13(10-14-11-4-5-11)8-12(9-13)6-2-3-7-12/h11,14H,2-10H2,1H3. The van der Waals surface area contributed by atoms with Crippen molar-refractivity contribution in [3.05, 3.63) is 0 Å². The Morgan fingerprint density at radius 1 is 1.18 bits per heavy atom. The van der Waals surface area contributed by atoms with Crippen molar-refractivity contribution in [2.75, 3.05) is 12.8 Å². The highest BCUT2D eigenvalue weighted by atomic mass is 32.2. The summed E-state index contributed by atoms with van der Waals surface area (Å²) >= 11 is 0. The third kappa shape index (κ3) is 2.03. The normalized spacial score (nSPS) is 30.4. The van der Waals surface area contributed by atoms with Crippen molar-refractivity contribution >= 4 is 9.84 Å². The molecule has 1 spiro atoms. The zero-order chi connectivity index (χ0) is 12.1. The molecule has 3 rings (SSSR count). The van der Waals surface area contributed by atoms with Crippen LogP contribution in [0.5, 0.6) is 0 Å². The number of nitrogens with one attached hydrogen (secondary N) is 1. The lowest BCUT2D eigenvalue weighted by molar-refractivity contribution is 0.0813. The molecule has 0 amide bonds. The molecule has 0 radical (unpaired) electrons. The van der Waals surface area contributed by atoms with Crippen molar-refractivity contribution in [1.29, 1.82) is 0 Å². The Morgan fingerprint density at radius 2 is 1.76 bits per heavy atom. The first-order valence-corrected chi connectivity index (χ1v) is 8.77. The molecular weight excluding hydrogens is 234 g/mol. The predicted molar refractivity (Wildman–Crippen MR) is 68.7 cm³/mol. The molecule has 0 aliphatic heterocycles. The van der Waals surface area contributed by atoms with E-state index in [-0.39, 0.29) is 0 Å². The fraction of sp³-hybridized carbons (Fsp3) is 1.00. The van der Waals surface area contributed by atoms with E-state index < -0.39 is 14.6 Å². The number of hydrogen-bond acceptors (Lipinski definition) is 3. The van der Waals surface area contributed by atoms with E-state index in [2.05, 4.69) is 5.32 Å². The van der Waals surface area contributed by atoms with E-state index >= 15 is 0 Å². The minimum Gasteiger partial charge on any atom is -0.312 e. The van der Waals surface area contributed by atoms with Gasteiger partial charge >= 0.3 is 0 Å². The van der Waals surface area contributed by atoms with Crippen LogP contribution >= 0.6 is 0 Å². The Morgan fingerprint density at radius 3 is 2.24 bits per heavy atom. The van der Waals surface area contributed by atoms with Crippen molar-refractivity contribution in [2.24, 2.45) is 5.41 Å². The fourth-order valence-electron chi connectivity index (χ4n) is 3.93. The maximum atomic E-state index is 12.1. The molecule has 17 heavy (non-hydrogen) atoms. The highest BCUT2D eigenvalue weighted by Crippen LogP contribution is 2.60. The van der Waals surface area contributed by atoms with Gasteiger partial charge in [-0.05, 0) is 43.9 Å². The van der Waals surface area contributed by atoms with E-state index in [9.17, 15) is 8.42 Å². The average molecular weight is 257 g/mol. The molecule has 0 atom stereocenters. The van der Waals surface area contributed by atoms with Gasteiger partial charge in [-0.25, -0.2) is 8.42 Å². The molecule has 3 aliphatic rings. The third-order valence-corrected chi connectivity index (χ3v) is 7.14. The second-order valence-corrected chi connectivity index (χ2v) is 9.08. The van der Waals surface area contributed by atoms with Crippen LogP contribution in [-0.2, 0) is 9.84 Å². The Kier molecular flexibility index (Phi) is 2.61. The molecule has 0 unspecified atom stereocenters. The summed E-state index contributed by atoms with van der Waals surface area (Å²) in [5, 5.41) is 3.43. The average Bonchev–Trinajstić information content (AvgIpc) is 2.88. The van der Waals surface area contributed by atoms with Crippen molar-refractivity contribution in [2.45, 2.75) is 62.2 Å². The lowest BCUT2D eigenvalue weighted by Gasteiger charge is -2.54. The molecule has 0 aromatic carbocycles. The van der Waals surface area contributed by atoms with E-state index in [1.54, 1.807) is 0 Å². The van der Waals surface area contributed by atoms with Crippen LogP contribution in [0.4, 0.5) is 0 Å². The Hall–Kier alpha value is -0.0900. The number of rotatable bonds is 4. The number of hydrogen-bond donors (Lipinski definition) is 1. The molecule has 4 heteroatoms. The van der Waals surface area contributed by atoms with Crippen LogP contribution in [0.15, 0.2) is 0 Å². The third-order valence-electron chi connectivity index (χ3n) is 5.14. The molecule has 3 aliphatic carbocycles. The van der Waals surface area contributed by atoms with Gasteiger partial charge in [-0.1, -0.05) is 12.8 Å². The highest BCUT2D eigenvalue weighted by molar-refractivity contribution is 7.92. The van der Waals surface area contributed by atoms with E-state index in [0.29, 0.717) is 18.0 Å². The van der Waals surface area contributed by atoms with Gasteiger partial charge in [-0.2, -0.15) is 0 Å². The van der Waals surface area contributed by atoms with Crippen LogP contribution in [0.1, 0.15) is 51.4 Å². The molecule has 0 aromatic heterocycles. The summed E-state index contributed by atoms with van der Waals surface area (Å²) in [5.41, 5.74) is 0.397. The van der Waals surface area contributed by atoms with E-state index in [1.165, 1.54) is 44.8 Å². The van der Waals surface area contributed by atoms with Crippen LogP contribution in [0, 0.1) is 5.41 Å². The van der Waals surface area contributed by atoms with Crippen molar-refractivity contribution in [3.63, 3.8) is 0 Å². The maximum absolute atomic E-state index is 12.1. The zero-order valence-electron chi connectivity index (χ0n) is 10.7. The van der Waals surface area contributed by atoms with Gasteiger partial charge in [0.05, 0.1) is 4.75 Å². The predicted octanol–water partition coefficient (Wildman–Crippen LogP) is 1.88. The minimum absolute atomic E-state index is 0.397. The maximum Gasteiger partial charge on any atom is 0.154 e. The van der Waals surface area contributed by atoms with Crippen molar-refractivity contribution in [1.82, 2.24) is 5.32 Å². The summed E-state index contributed by atoms with van der Waals surface area (Å²) in [6, 6.07) is 0.605. The van der Waals surface area contributed by atoms with Crippen molar-refractivity contribution < 1.29 is 8.42 Å². The van der Waals surface area contributed by atoms with Crippen LogP contribution < -0.4 is 5.32 Å². The number of sulfone groups is 1. The van der Waals surface area contributed by atoms with Gasteiger partial charge in [0, 0.05) is 18.8 Å². The summed E-state index contributed by atoms with van der Waals surface area (Å²) in [6.45, 7) is 0.693. The molecule has 3 saturated carbocycles. The van der Waals surface area contributed by atoms with E-state index in [0.717, 1.165) is 12.8 Å². The Labute approximate surface area is 104 Å². The second-order valence-electron chi connectivity index (χ2n) is 6.67. The van der Waals surface area contributed by atoms with Gasteiger partial charge in [-0.3, -0.25) is 0 Å². The lowest BCUT2D eigenvalue weighted by atomic mass is 9.60. The topological polar surface area (TPSA) is 46.2 Å². The van der Waals surface area contributed by atoms with Gasteiger partial charge in [0.25, 0.3) is 0 Å². The highest BCUT2D eigenvalue weighted by Gasteiger charge is 2.60. The van der Waals surface area contributed by atoms with Gasteiger partial charge in [0.2, 0.25) is 0 Å². The molecule has 0 heterocycles. The summed E-state index contributed by atoms with van der Waals surface area (Å²) in [5.74, 6) is 0. The molecule has 3 fully saturated rings. The minimum atomic E-state index is -2.92. The summed E-state index contributed by atoms with van der Waals surface area (Å²) < 4.78 is 23.7. The zero-order valence-corrected chi connectivity index (χ0v) is 11.5. The van der Waals surface area contributed by atoms with Gasteiger partial charge in [0.15, 0.2) is 9.84 Å². The molecular formula is C13H23NO2S. The first-order chi connectivity index (χ1) is 7.95. The summed E-state index contributed by atoms with van der Waals surface area (Å²) in [4.78, 5) is 0. The van der Waals surface area contributed by atoms with Gasteiger partial charge < -0.3 is 5.32 Å². The van der Waals surface area contributed by atoms with Crippen molar-refractivity contribution in [3.8, 4) is 0 Å². The summed E-state index contributed by atoms with van der Waals surface area (Å²) in [7, 11) is -2.92. The first kappa shape index (κ1) is 12.0. The van der Waals surface area contributed by atoms with Crippen LogP contribution in [0.3, 0.4) is 0 Å². The lowest BCUT2D eigenvalue weighted by Crippen LogP contribution is -2.60. The summed E-state index contributed by atoms with van der Waals surface area (Å²) in [6.07, 6.45) is 10.8. The molecule has 0 aromatic rings. The second kappa shape index (κ2) is 3.70. The monoisotopic (exact) mass is 257 g/mol. The fourth-order valence-corrected chi connectivity index (χ4v) is 5.41. The van der Waals surface area contributed by atoms with Gasteiger partial charge in [0.1, 0.15) is 0 Å². The largest absolute Gasteiger partial charge is 0.312 e. The SMILES string of the molecule is CS(=O)(=O)C1(CNC2CC2)CC2(CCCC2)C1. The molecule has 98 valence electrons. The van der Waals surface area contributed by atoms with Crippen LogP contribution in [-0.4, -0.2) is 32.0 Å².